The fraction of sp³-hybridized carbons (Fsp3) is 0.273. The van der Waals surface area contributed by atoms with E-state index in [-0.39, 0.29) is 0 Å². The van der Waals surface area contributed by atoms with E-state index < -0.39 is 6.03 Å². The Kier molecular flexibility index (Phi) is 4.47. The van der Waals surface area contributed by atoms with Crippen molar-refractivity contribution in [3.8, 4) is 0 Å². The molecule has 1 aromatic rings. The average Bonchev–Trinajstić information content (AvgIpc) is 2.29. The quantitative estimate of drug-likeness (QED) is 0.311. The molecular formula is C11H16N4O. The van der Waals surface area contributed by atoms with Gasteiger partial charge in [-0.25, -0.2) is 16.1 Å². The number of hydrazone groups is 1. The molecule has 5 heteroatoms. The number of carbonyl (C=O) groups excluding carboxylic acids is 1. The van der Waals surface area contributed by atoms with E-state index in [2.05, 4.69) is 24.4 Å². The fourth-order valence-corrected chi connectivity index (χ4v) is 1.16. The minimum atomic E-state index is -0.546. The molecule has 0 aliphatic rings. The summed E-state index contributed by atoms with van der Waals surface area (Å²) in [6.45, 7) is 4.27. The van der Waals surface area contributed by atoms with Crippen molar-refractivity contribution in [3.05, 3.63) is 35.4 Å². The van der Waals surface area contributed by atoms with Crippen molar-refractivity contribution in [1.29, 1.82) is 0 Å². The van der Waals surface area contributed by atoms with Crippen LogP contribution in [0.1, 0.15) is 30.9 Å². The molecule has 0 fully saturated rings. The molecule has 0 radical (unpaired) electrons. The van der Waals surface area contributed by atoms with Crippen LogP contribution >= 0.6 is 0 Å². The molecule has 1 aromatic carbocycles. The Morgan fingerprint density at radius 1 is 1.38 bits per heavy atom. The third-order valence-electron chi connectivity index (χ3n) is 2.11. The SMILES string of the molecule is CC(C)c1ccc(/C=N\NC(=O)NN)cc1. The summed E-state index contributed by atoms with van der Waals surface area (Å²) < 4.78 is 0. The Labute approximate surface area is 94.7 Å². The van der Waals surface area contributed by atoms with Gasteiger partial charge in [0.1, 0.15) is 0 Å². The Morgan fingerprint density at radius 3 is 2.50 bits per heavy atom. The Balaban J connectivity index is 2.58. The predicted molar refractivity (Wildman–Crippen MR) is 64.0 cm³/mol. The van der Waals surface area contributed by atoms with Gasteiger partial charge in [0.05, 0.1) is 6.21 Å². The van der Waals surface area contributed by atoms with Gasteiger partial charge >= 0.3 is 6.03 Å². The van der Waals surface area contributed by atoms with Crippen LogP contribution in [0.2, 0.25) is 0 Å². The average molecular weight is 220 g/mol. The van der Waals surface area contributed by atoms with E-state index in [4.69, 9.17) is 5.84 Å². The molecule has 86 valence electrons. The zero-order valence-corrected chi connectivity index (χ0v) is 9.40. The van der Waals surface area contributed by atoms with Gasteiger partial charge < -0.3 is 0 Å². The Hall–Kier alpha value is -1.88. The van der Waals surface area contributed by atoms with Gasteiger partial charge in [0, 0.05) is 0 Å². The van der Waals surface area contributed by atoms with Gasteiger partial charge in [-0.3, -0.25) is 5.43 Å². The van der Waals surface area contributed by atoms with Crippen LogP contribution < -0.4 is 16.7 Å². The van der Waals surface area contributed by atoms with Crippen LogP contribution in [0.5, 0.6) is 0 Å². The van der Waals surface area contributed by atoms with Crippen molar-refractivity contribution < 1.29 is 4.79 Å². The number of nitrogens with zero attached hydrogens (tertiary/aromatic N) is 1. The lowest BCUT2D eigenvalue weighted by Crippen LogP contribution is -2.37. The molecule has 2 amide bonds. The van der Waals surface area contributed by atoms with E-state index in [1.54, 1.807) is 6.21 Å². The molecule has 1 rings (SSSR count). The van der Waals surface area contributed by atoms with Crippen LogP contribution in [0.4, 0.5) is 4.79 Å². The van der Waals surface area contributed by atoms with E-state index in [1.807, 2.05) is 29.7 Å². The summed E-state index contributed by atoms with van der Waals surface area (Å²) in [4.78, 5) is 10.7. The van der Waals surface area contributed by atoms with E-state index in [9.17, 15) is 4.79 Å². The van der Waals surface area contributed by atoms with Crippen molar-refractivity contribution in [1.82, 2.24) is 10.9 Å². The summed E-state index contributed by atoms with van der Waals surface area (Å²) in [5, 5.41) is 3.72. The normalized spacial score (nSPS) is 10.8. The van der Waals surface area contributed by atoms with Gasteiger partial charge in [-0.15, -0.1) is 0 Å². The molecule has 0 saturated heterocycles. The van der Waals surface area contributed by atoms with Crippen LogP contribution in [0.15, 0.2) is 29.4 Å². The van der Waals surface area contributed by atoms with E-state index in [0.29, 0.717) is 5.92 Å². The standard InChI is InChI=1S/C11H16N4O/c1-8(2)10-5-3-9(4-6-10)7-13-15-11(16)14-12/h3-8H,12H2,1-2H3,(H2,14,15,16)/b13-7-. The van der Waals surface area contributed by atoms with Gasteiger partial charge in [-0.1, -0.05) is 38.1 Å². The molecule has 0 aliphatic heterocycles. The third-order valence-corrected chi connectivity index (χ3v) is 2.11. The molecule has 0 aromatic heterocycles. The van der Waals surface area contributed by atoms with Crippen LogP contribution in [-0.4, -0.2) is 12.2 Å². The highest BCUT2D eigenvalue weighted by molar-refractivity contribution is 5.81. The second-order valence-electron chi connectivity index (χ2n) is 3.66. The smallest absolute Gasteiger partial charge is 0.274 e. The molecule has 16 heavy (non-hydrogen) atoms. The molecular weight excluding hydrogens is 204 g/mol. The number of hydrogen-bond donors (Lipinski definition) is 3. The summed E-state index contributed by atoms with van der Waals surface area (Å²) in [5.41, 5.74) is 6.31. The number of amides is 2. The van der Waals surface area contributed by atoms with E-state index >= 15 is 0 Å². The van der Waals surface area contributed by atoms with Crippen LogP contribution in [-0.2, 0) is 0 Å². The number of benzene rings is 1. The number of hydrazine groups is 1. The molecule has 5 nitrogen and oxygen atoms in total. The van der Waals surface area contributed by atoms with Crippen LogP contribution in [0.25, 0.3) is 0 Å². The Bertz CT molecular complexity index is 370. The number of urea groups is 1. The first-order valence-corrected chi connectivity index (χ1v) is 5.03. The van der Waals surface area contributed by atoms with Crippen molar-refractivity contribution in [2.45, 2.75) is 19.8 Å². The maximum atomic E-state index is 10.7. The second-order valence-corrected chi connectivity index (χ2v) is 3.66. The van der Waals surface area contributed by atoms with Gasteiger partial charge in [-0.05, 0) is 17.0 Å². The Morgan fingerprint density at radius 2 is 2.00 bits per heavy atom. The zero-order chi connectivity index (χ0) is 12.0. The summed E-state index contributed by atoms with van der Waals surface area (Å²) in [6, 6.07) is 7.42. The molecule has 0 spiro atoms. The summed E-state index contributed by atoms with van der Waals surface area (Å²) >= 11 is 0. The molecule has 0 aliphatic carbocycles. The number of carbonyl (C=O) groups is 1. The molecule has 0 bridgehead atoms. The maximum Gasteiger partial charge on any atom is 0.349 e. The first-order valence-electron chi connectivity index (χ1n) is 5.03. The lowest BCUT2D eigenvalue weighted by Gasteiger charge is -2.04. The maximum absolute atomic E-state index is 10.7. The fourth-order valence-electron chi connectivity index (χ4n) is 1.16. The number of rotatable bonds is 3. The van der Waals surface area contributed by atoms with Gasteiger partial charge in [0.15, 0.2) is 0 Å². The number of nitrogens with one attached hydrogen (secondary N) is 2. The van der Waals surface area contributed by atoms with Gasteiger partial charge in [0.2, 0.25) is 0 Å². The van der Waals surface area contributed by atoms with Crippen molar-refractivity contribution in [2.24, 2.45) is 10.9 Å². The predicted octanol–water partition coefficient (Wildman–Crippen LogP) is 1.32. The lowest BCUT2D eigenvalue weighted by molar-refractivity contribution is 0.241. The zero-order valence-electron chi connectivity index (χ0n) is 9.40. The van der Waals surface area contributed by atoms with Gasteiger partial charge in [0.25, 0.3) is 0 Å². The second kappa shape index (κ2) is 5.87. The monoisotopic (exact) mass is 220 g/mol. The summed E-state index contributed by atoms with van der Waals surface area (Å²) in [6.07, 6.45) is 1.55. The largest absolute Gasteiger partial charge is 0.349 e. The van der Waals surface area contributed by atoms with Crippen molar-refractivity contribution >= 4 is 12.2 Å². The van der Waals surface area contributed by atoms with E-state index in [0.717, 1.165) is 5.56 Å². The first-order chi connectivity index (χ1) is 7.63. The molecule has 0 unspecified atom stereocenters. The highest BCUT2D eigenvalue weighted by atomic mass is 16.2. The summed E-state index contributed by atoms with van der Waals surface area (Å²) in [7, 11) is 0. The highest BCUT2D eigenvalue weighted by Gasteiger charge is 1.97. The lowest BCUT2D eigenvalue weighted by atomic mass is 10.0. The molecule has 4 N–H and O–H groups in total. The van der Waals surface area contributed by atoms with Gasteiger partial charge in [-0.2, -0.15) is 5.10 Å². The number of hydrogen-bond acceptors (Lipinski definition) is 3. The highest BCUT2D eigenvalue weighted by Crippen LogP contribution is 2.13. The van der Waals surface area contributed by atoms with Crippen LogP contribution in [0, 0.1) is 0 Å². The van der Waals surface area contributed by atoms with Crippen molar-refractivity contribution in [2.75, 3.05) is 0 Å². The molecule has 0 saturated carbocycles. The summed E-state index contributed by atoms with van der Waals surface area (Å²) in [5.74, 6) is 5.38. The third kappa shape index (κ3) is 3.70. The topological polar surface area (TPSA) is 79.5 Å². The molecule has 0 atom stereocenters. The van der Waals surface area contributed by atoms with Crippen LogP contribution in [0.3, 0.4) is 0 Å². The minimum Gasteiger partial charge on any atom is -0.274 e. The first kappa shape index (κ1) is 12.2. The number of nitrogens with two attached hydrogens (primary N) is 1. The minimum absolute atomic E-state index is 0.507. The van der Waals surface area contributed by atoms with Crippen molar-refractivity contribution in [3.63, 3.8) is 0 Å². The van der Waals surface area contributed by atoms with E-state index in [1.165, 1.54) is 5.56 Å². The molecule has 0 heterocycles.